The van der Waals surface area contributed by atoms with Gasteiger partial charge in [0.1, 0.15) is 0 Å². The van der Waals surface area contributed by atoms with Gasteiger partial charge in [0, 0.05) is 44.7 Å². The fourth-order valence-corrected chi connectivity index (χ4v) is 4.63. The Morgan fingerprint density at radius 1 is 1.00 bits per heavy atom. The average molecular weight is 450 g/mol. The predicted molar refractivity (Wildman–Crippen MR) is 138 cm³/mol. The Morgan fingerprint density at radius 2 is 1.73 bits per heavy atom. The molecule has 33 heavy (non-hydrogen) atoms. The molecule has 2 aromatic rings. The molecule has 178 valence electrons. The third-order valence-corrected chi connectivity index (χ3v) is 6.66. The van der Waals surface area contributed by atoms with Crippen molar-refractivity contribution in [2.24, 2.45) is 10.9 Å². The number of methoxy groups -OCH3 is 1. The number of hydrogen-bond acceptors (Lipinski definition) is 4. The van der Waals surface area contributed by atoms with Crippen LogP contribution in [-0.2, 0) is 9.53 Å². The predicted octanol–water partition coefficient (Wildman–Crippen LogP) is 5.63. The van der Waals surface area contributed by atoms with E-state index in [0.29, 0.717) is 12.0 Å². The summed E-state index contributed by atoms with van der Waals surface area (Å²) >= 11 is 0. The lowest BCUT2D eigenvalue weighted by Gasteiger charge is -2.33. The maximum Gasteiger partial charge on any atom is 0.227 e. The van der Waals surface area contributed by atoms with Gasteiger partial charge < -0.3 is 14.5 Å². The zero-order chi connectivity index (χ0) is 23.8. The number of carbonyl (C=O) groups is 1. The number of para-hydroxylation sites is 1. The molecular weight excluding hydrogens is 410 g/mol. The molecule has 0 saturated carbocycles. The maximum absolute atomic E-state index is 13.0. The SMILES string of the molecule is CC.COC1CCN(C(=O)C2CCN(c3cccc(C(C)=Nc4ccccc4C)c3)C2)CC1. The molecule has 2 aromatic carbocycles. The van der Waals surface area contributed by atoms with Crippen LogP contribution in [0.15, 0.2) is 53.5 Å². The number of amides is 1. The second kappa shape index (κ2) is 12.0. The van der Waals surface area contributed by atoms with Gasteiger partial charge in [0.25, 0.3) is 0 Å². The summed E-state index contributed by atoms with van der Waals surface area (Å²) < 4.78 is 5.44. The molecule has 1 amide bonds. The molecule has 5 heteroatoms. The number of carbonyl (C=O) groups excluding carboxylic acids is 1. The van der Waals surface area contributed by atoms with E-state index in [9.17, 15) is 4.79 Å². The van der Waals surface area contributed by atoms with E-state index in [1.54, 1.807) is 7.11 Å². The molecule has 2 saturated heterocycles. The highest BCUT2D eigenvalue weighted by atomic mass is 16.5. The first-order valence-corrected chi connectivity index (χ1v) is 12.3. The van der Waals surface area contributed by atoms with E-state index in [4.69, 9.17) is 9.73 Å². The van der Waals surface area contributed by atoms with E-state index >= 15 is 0 Å². The number of likely N-dealkylation sites (tertiary alicyclic amines) is 1. The highest BCUT2D eigenvalue weighted by Gasteiger charge is 2.33. The van der Waals surface area contributed by atoms with Gasteiger partial charge in [0.15, 0.2) is 0 Å². The molecule has 2 aliphatic rings. The lowest BCUT2D eigenvalue weighted by atomic mass is 10.0. The second-order valence-corrected chi connectivity index (χ2v) is 8.73. The number of hydrogen-bond donors (Lipinski definition) is 0. The zero-order valence-corrected chi connectivity index (χ0v) is 20.9. The third-order valence-electron chi connectivity index (χ3n) is 6.66. The Balaban J connectivity index is 0.00000149. The summed E-state index contributed by atoms with van der Waals surface area (Å²) in [7, 11) is 1.76. The Morgan fingerprint density at radius 3 is 2.42 bits per heavy atom. The Hall–Kier alpha value is -2.66. The minimum atomic E-state index is 0.0875. The lowest BCUT2D eigenvalue weighted by Crippen LogP contribution is -2.44. The molecule has 5 nitrogen and oxygen atoms in total. The van der Waals surface area contributed by atoms with E-state index < -0.39 is 0 Å². The van der Waals surface area contributed by atoms with E-state index in [0.717, 1.165) is 62.4 Å². The largest absolute Gasteiger partial charge is 0.381 e. The Kier molecular flexibility index (Phi) is 9.07. The van der Waals surface area contributed by atoms with Gasteiger partial charge in [0.2, 0.25) is 5.91 Å². The first-order chi connectivity index (χ1) is 16.0. The van der Waals surface area contributed by atoms with Gasteiger partial charge in [0.05, 0.1) is 17.7 Å². The molecule has 1 unspecified atom stereocenters. The zero-order valence-electron chi connectivity index (χ0n) is 20.9. The van der Waals surface area contributed by atoms with Gasteiger partial charge in [-0.15, -0.1) is 0 Å². The molecule has 4 rings (SSSR count). The number of anilines is 1. The van der Waals surface area contributed by atoms with Gasteiger partial charge in [-0.3, -0.25) is 9.79 Å². The fourth-order valence-electron chi connectivity index (χ4n) is 4.63. The van der Waals surface area contributed by atoms with Crippen LogP contribution in [0.25, 0.3) is 0 Å². The normalized spacial score (nSPS) is 19.3. The first-order valence-electron chi connectivity index (χ1n) is 12.3. The summed E-state index contributed by atoms with van der Waals surface area (Å²) in [5, 5.41) is 0. The minimum Gasteiger partial charge on any atom is -0.381 e. The first kappa shape index (κ1) is 25.0. The van der Waals surface area contributed by atoms with Crippen LogP contribution in [-0.4, -0.2) is 55.9 Å². The average Bonchev–Trinajstić information content (AvgIpc) is 3.37. The number of piperidine rings is 1. The molecule has 2 aliphatic heterocycles. The molecule has 2 fully saturated rings. The number of ether oxygens (including phenoxy) is 1. The lowest BCUT2D eigenvalue weighted by molar-refractivity contribution is -0.137. The highest BCUT2D eigenvalue weighted by molar-refractivity contribution is 6.01. The minimum absolute atomic E-state index is 0.0875. The standard InChI is InChI=1S/C26H33N3O2.C2H6/c1-19-7-4-5-10-25(19)27-20(2)21-8-6-9-23(17-21)29-14-11-22(18-29)26(30)28-15-12-24(31-3)13-16-28;1-2/h4-10,17,22,24H,11-16,18H2,1-3H3;1-2H3. The topological polar surface area (TPSA) is 45.1 Å². The molecule has 2 heterocycles. The van der Waals surface area contributed by atoms with Crippen LogP contribution >= 0.6 is 0 Å². The van der Waals surface area contributed by atoms with Crippen molar-refractivity contribution in [3.05, 3.63) is 59.7 Å². The summed E-state index contributed by atoms with van der Waals surface area (Å²) in [6.07, 6.45) is 3.11. The summed E-state index contributed by atoms with van der Waals surface area (Å²) in [5.74, 6) is 0.398. The van der Waals surface area contributed by atoms with Crippen LogP contribution in [0.3, 0.4) is 0 Å². The van der Waals surface area contributed by atoms with E-state index in [-0.39, 0.29) is 5.92 Å². The molecule has 0 radical (unpaired) electrons. The monoisotopic (exact) mass is 449 g/mol. The molecule has 0 aliphatic carbocycles. The summed E-state index contributed by atoms with van der Waals surface area (Å²) in [5.41, 5.74) is 5.48. The number of rotatable bonds is 5. The summed E-state index contributed by atoms with van der Waals surface area (Å²) in [6.45, 7) is 11.5. The summed E-state index contributed by atoms with van der Waals surface area (Å²) in [6, 6.07) is 16.7. The van der Waals surface area contributed by atoms with Crippen molar-refractivity contribution in [3.8, 4) is 0 Å². The molecule has 0 aromatic heterocycles. The number of nitrogens with zero attached hydrogens (tertiary/aromatic N) is 3. The van der Waals surface area contributed by atoms with Gasteiger partial charge in [-0.25, -0.2) is 0 Å². The van der Waals surface area contributed by atoms with Crippen LogP contribution in [0.4, 0.5) is 11.4 Å². The van der Waals surface area contributed by atoms with Crippen LogP contribution in [0.1, 0.15) is 51.2 Å². The fraction of sp³-hybridized carbons (Fsp3) is 0.500. The van der Waals surface area contributed by atoms with E-state index in [2.05, 4.69) is 55.1 Å². The van der Waals surface area contributed by atoms with Crippen molar-refractivity contribution in [2.75, 3.05) is 38.2 Å². The second-order valence-electron chi connectivity index (χ2n) is 8.73. The van der Waals surface area contributed by atoms with Crippen molar-refractivity contribution in [1.29, 1.82) is 0 Å². The van der Waals surface area contributed by atoms with Crippen LogP contribution in [0.5, 0.6) is 0 Å². The summed E-state index contributed by atoms with van der Waals surface area (Å²) in [4.78, 5) is 22.2. The van der Waals surface area contributed by atoms with Crippen LogP contribution in [0.2, 0.25) is 0 Å². The van der Waals surface area contributed by atoms with E-state index in [1.165, 1.54) is 11.3 Å². The Labute approximate surface area is 199 Å². The van der Waals surface area contributed by atoms with Crippen molar-refractivity contribution in [3.63, 3.8) is 0 Å². The van der Waals surface area contributed by atoms with Gasteiger partial charge >= 0.3 is 0 Å². The third kappa shape index (κ3) is 6.23. The highest BCUT2D eigenvalue weighted by Crippen LogP contribution is 2.28. The van der Waals surface area contributed by atoms with Gasteiger partial charge in [-0.1, -0.05) is 44.2 Å². The van der Waals surface area contributed by atoms with Crippen molar-refractivity contribution in [1.82, 2.24) is 4.90 Å². The molecular formula is C28H39N3O2. The number of aliphatic imine (C=N–C) groups is 1. The van der Waals surface area contributed by atoms with E-state index in [1.807, 2.05) is 30.9 Å². The quantitative estimate of drug-likeness (QED) is 0.556. The van der Waals surface area contributed by atoms with Gasteiger partial charge in [-0.05, 0) is 62.4 Å². The smallest absolute Gasteiger partial charge is 0.227 e. The van der Waals surface area contributed by atoms with Crippen molar-refractivity contribution >= 4 is 23.0 Å². The van der Waals surface area contributed by atoms with Crippen LogP contribution < -0.4 is 4.90 Å². The molecule has 0 spiro atoms. The molecule has 0 N–H and O–H groups in total. The van der Waals surface area contributed by atoms with Gasteiger partial charge in [-0.2, -0.15) is 0 Å². The number of benzene rings is 2. The van der Waals surface area contributed by atoms with Crippen molar-refractivity contribution < 1.29 is 9.53 Å². The Bertz CT molecular complexity index is 948. The maximum atomic E-state index is 13.0. The van der Waals surface area contributed by atoms with Crippen molar-refractivity contribution in [2.45, 2.75) is 53.1 Å². The van der Waals surface area contributed by atoms with Crippen LogP contribution in [0, 0.1) is 12.8 Å². The molecule has 1 atom stereocenters. The number of aryl methyl sites for hydroxylation is 1. The molecule has 0 bridgehead atoms.